The molecular weight excluding hydrogens is 727 g/mol. The Balaban J connectivity index is 1.15. The molecule has 304 valence electrons. The minimum absolute atomic E-state index is 0.0514. The summed E-state index contributed by atoms with van der Waals surface area (Å²) in [4.78, 5) is 64.5. The number of methoxy groups -OCH3 is 1. The van der Waals surface area contributed by atoms with Gasteiger partial charge in [-0.25, -0.2) is 14.6 Å². The van der Waals surface area contributed by atoms with Crippen molar-refractivity contribution < 1.29 is 33.8 Å². The molecule has 0 spiro atoms. The van der Waals surface area contributed by atoms with Gasteiger partial charge in [0.15, 0.2) is 5.82 Å². The van der Waals surface area contributed by atoms with E-state index in [1.54, 1.807) is 57.1 Å². The van der Waals surface area contributed by atoms with Crippen LogP contribution in [0.2, 0.25) is 0 Å². The third-order valence-electron chi connectivity index (χ3n) is 11.0. The highest BCUT2D eigenvalue weighted by Gasteiger charge is 2.41. The first-order valence-electron chi connectivity index (χ1n) is 20.0. The number of aliphatic carboxylic acids is 1. The van der Waals surface area contributed by atoms with E-state index in [0.29, 0.717) is 40.7 Å². The largest absolute Gasteiger partial charge is 0.495 e. The number of alkyl carbamates (subject to hydrolysis) is 1. The van der Waals surface area contributed by atoms with E-state index >= 15 is 0 Å². The van der Waals surface area contributed by atoms with Gasteiger partial charge in [-0.1, -0.05) is 50.8 Å². The van der Waals surface area contributed by atoms with Gasteiger partial charge < -0.3 is 40.3 Å². The number of nitrogens with one attached hydrogen (secondary N) is 3. The Morgan fingerprint density at radius 1 is 1.00 bits per heavy atom. The van der Waals surface area contributed by atoms with Crippen molar-refractivity contribution >= 4 is 58.3 Å². The second-order valence-electron chi connectivity index (χ2n) is 16.1. The Morgan fingerprint density at radius 3 is 2.30 bits per heavy atom. The van der Waals surface area contributed by atoms with Gasteiger partial charge in [-0.2, -0.15) is 4.98 Å². The zero-order chi connectivity index (χ0) is 40.9. The third-order valence-corrected chi connectivity index (χ3v) is 11.0. The number of carboxylic acids is 1. The van der Waals surface area contributed by atoms with Crippen molar-refractivity contribution in [3.63, 3.8) is 0 Å². The molecule has 0 radical (unpaired) electrons. The number of ether oxygens (including phenoxy) is 2. The van der Waals surface area contributed by atoms with Crippen LogP contribution in [-0.4, -0.2) is 76.8 Å². The maximum atomic E-state index is 13.5. The van der Waals surface area contributed by atoms with Crippen molar-refractivity contribution in [2.24, 2.45) is 5.92 Å². The van der Waals surface area contributed by atoms with Crippen LogP contribution >= 0.6 is 0 Å². The van der Waals surface area contributed by atoms with Gasteiger partial charge in [0.05, 0.1) is 19.0 Å². The summed E-state index contributed by atoms with van der Waals surface area (Å²) in [5.74, 6) is 0.364. The van der Waals surface area contributed by atoms with Crippen LogP contribution in [-0.2, 0) is 14.3 Å². The topological polar surface area (TPSA) is 175 Å². The number of anilines is 5. The Hall–Kier alpha value is -5.66. The predicted octanol–water partition coefficient (Wildman–Crippen LogP) is 7.93. The van der Waals surface area contributed by atoms with E-state index in [-0.39, 0.29) is 36.2 Å². The summed E-state index contributed by atoms with van der Waals surface area (Å²) < 4.78 is 11.0. The maximum absolute atomic E-state index is 13.5. The highest BCUT2D eigenvalue weighted by Crippen LogP contribution is 2.41. The molecule has 0 saturated heterocycles. The molecule has 0 unspecified atom stereocenters. The number of carboxylic acid groups (broad SMARTS) is 1. The SMILES string of the molecule is CC[C@@H]1C(=O)N(C)c2cnc(Nc3ccc(C(=O)Nc4ccc(/C(=C/C[C@H](NC(=O)OC(C)(C)C)C(=O)O)C5CCCC5)cc4)cc3OC)nc2N1C1CCCC1. The highest BCUT2D eigenvalue weighted by molar-refractivity contribution is 6.05. The number of carbonyl (C=O) groups is 4. The van der Waals surface area contributed by atoms with Crippen molar-refractivity contribution in [3.8, 4) is 5.75 Å². The number of likely N-dealkylation sites (N-methyl/N-ethyl adjacent to an activating group) is 1. The normalized spacial score (nSPS) is 18.2. The summed E-state index contributed by atoms with van der Waals surface area (Å²) in [5, 5.41) is 18.6. The molecule has 4 N–H and O–H groups in total. The summed E-state index contributed by atoms with van der Waals surface area (Å²) in [6.07, 6.45) is 12.0. The number of hydrogen-bond acceptors (Lipinski definition) is 10. The van der Waals surface area contributed by atoms with Crippen LogP contribution in [0.15, 0.2) is 54.7 Å². The third kappa shape index (κ3) is 9.66. The van der Waals surface area contributed by atoms with E-state index in [0.717, 1.165) is 68.3 Å². The van der Waals surface area contributed by atoms with Gasteiger partial charge in [0, 0.05) is 24.3 Å². The van der Waals surface area contributed by atoms with Crippen LogP contribution in [0.4, 0.5) is 33.6 Å². The number of hydrogen-bond donors (Lipinski definition) is 4. The Kier molecular flexibility index (Phi) is 12.7. The van der Waals surface area contributed by atoms with Crippen LogP contribution < -0.4 is 30.5 Å². The molecule has 14 nitrogen and oxygen atoms in total. The van der Waals surface area contributed by atoms with Gasteiger partial charge >= 0.3 is 12.1 Å². The van der Waals surface area contributed by atoms with E-state index in [1.807, 2.05) is 37.3 Å². The molecular formula is C43H55N7O7. The molecule has 3 aliphatic rings. The molecule has 6 rings (SSSR count). The number of rotatable bonds is 13. The molecule has 3 amide bonds. The Bertz CT molecular complexity index is 1980. The summed E-state index contributed by atoms with van der Waals surface area (Å²) in [7, 11) is 3.30. The highest BCUT2D eigenvalue weighted by atomic mass is 16.6. The molecule has 2 saturated carbocycles. The zero-order valence-electron chi connectivity index (χ0n) is 33.8. The number of aromatic nitrogens is 2. The molecule has 14 heteroatoms. The first kappa shape index (κ1) is 41.0. The lowest BCUT2D eigenvalue weighted by atomic mass is 9.89. The van der Waals surface area contributed by atoms with Gasteiger partial charge in [-0.3, -0.25) is 9.59 Å². The van der Waals surface area contributed by atoms with Gasteiger partial charge in [0.25, 0.3) is 5.91 Å². The fraction of sp³-hybridized carbons (Fsp3) is 0.488. The van der Waals surface area contributed by atoms with E-state index < -0.39 is 23.7 Å². The number of benzene rings is 2. The minimum Gasteiger partial charge on any atom is -0.495 e. The van der Waals surface area contributed by atoms with Crippen molar-refractivity contribution in [1.29, 1.82) is 0 Å². The summed E-state index contributed by atoms with van der Waals surface area (Å²) in [5.41, 5.74) is 3.44. The van der Waals surface area contributed by atoms with Crippen molar-refractivity contribution in [1.82, 2.24) is 15.3 Å². The fourth-order valence-electron chi connectivity index (χ4n) is 8.12. The van der Waals surface area contributed by atoms with Crippen molar-refractivity contribution in [2.45, 2.75) is 116 Å². The first-order chi connectivity index (χ1) is 27.3. The zero-order valence-corrected chi connectivity index (χ0v) is 33.8. The lowest BCUT2D eigenvalue weighted by Gasteiger charge is -2.43. The average Bonchev–Trinajstić information content (AvgIpc) is 3.92. The average molecular weight is 782 g/mol. The van der Waals surface area contributed by atoms with Gasteiger partial charge in [0.2, 0.25) is 11.9 Å². The Morgan fingerprint density at radius 2 is 1.67 bits per heavy atom. The van der Waals surface area contributed by atoms with Crippen molar-refractivity contribution in [3.05, 3.63) is 65.9 Å². The monoisotopic (exact) mass is 781 g/mol. The standard InChI is InChI=1S/C43H55N7O7/c1-7-34-39(52)49(5)35-25-44-41(48-37(35)50(34)30-14-10-11-15-30)46-32-22-18-28(24-36(32)56-6)38(51)45-29-19-16-27(17-20-29)31(26-12-8-9-13-26)21-23-33(40(53)54)47-42(55)57-43(2,3)4/h16-22,24-26,30,33-34H,7-15,23H2,1-6H3,(H,45,51)(H,47,55)(H,53,54)(H,44,46,48)/b31-21+/t33-,34+/m0/s1. The molecule has 2 fully saturated rings. The van der Waals surface area contributed by atoms with Crippen LogP contribution in [0.5, 0.6) is 5.75 Å². The number of allylic oxidation sites excluding steroid dienone is 1. The Labute approximate surface area is 334 Å². The number of amides is 3. The molecule has 3 aromatic rings. The summed E-state index contributed by atoms with van der Waals surface area (Å²) in [6.45, 7) is 7.20. The lowest BCUT2D eigenvalue weighted by Crippen LogP contribution is -2.55. The molecule has 1 aliphatic heterocycles. The number of nitrogens with zero attached hydrogens (tertiary/aromatic N) is 4. The van der Waals surface area contributed by atoms with Crippen molar-refractivity contribution in [2.75, 3.05) is 34.6 Å². The molecule has 1 aromatic heterocycles. The van der Waals surface area contributed by atoms with Gasteiger partial charge in [-0.05, 0) is 107 Å². The fourth-order valence-corrected chi connectivity index (χ4v) is 8.12. The van der Waals surface area contributed by atoms with Crippen LogP contribution in [0.3, 0.4) is 0 Å². The van der Waals surface area contributed by atoms with Gasteiger partial charge in [0.1, 0.15) is 29.1 Å². The minimum atomic E-state index is -1.15. The molecule has 2 aromatic carbocycles. The number of carbonyl (C=O) groups excluding carboxylic acids is 3. The summed E-state index contributed by atoms with van der Waals surface area (Å²) >= 11 is 0. The molecule has 0 bridgehead atoms. The lowest BCUT2D eigenvalue weighted by molar-refractivity contribution is -0.139. The molecule has 2 aliphatic carbocycles. The second kappa shape index (κ2) is 17.6. The van der Waals surface area contributed by atoms with Crippen LogP contribution in [0.1, 0.15) is 108 Å². The molecule has 57 heavy (non-hydrogen) atoms. The quantitative estimate of drug-likeness (QED) is 0.133. The summed E-state index contributed by atoms with van der Waals surface area (Å²) in [6, 6.07) is 11.4. The van der Waals surface area contributed by atoms with E-state index in [4.69, 9.17) is 14.5 Å². The van der Waals surface area contributed by atoms with E-state index in [9.17, 15) is 24.3 Å². The smallest absolute Gasteiger partial charge is 0.408 e. The first-order valence-corrected chi connectivity index (χ1v) is 20.0. The predicted molar refractivity (Wildman–Crippen MR) is 220 cm³/mol. The van der Waals surface area contributed by atoms with Crippen LogP contribution in [0, 0.1) is 5.92 Å². The second-order valence-corrected chi connectivity index (χ2v) is 16.1. The molecule has 2 heterocycles. The van der Waals surface area contributed by atoms with E-state index in [1.165, 1.54) is 7.11 Å². The maximum Gasteiger partial charge on any atom is 0.408 e. The molecule has 2 atom stereocenters. The van der Waals surface area contributed by atoms with Crippen LogP contribution in [0.25, 0.3) is 5.57 Å². The van der Waals surface area contributed by atoms with E-state index in [2.05, 4.69) is 25.8 Å². The number of fused-ring (bicyclic) bond motifs is 1. The van der Waals surface area contributed by atoms with Gasteiger partial charge in [-0.15, -0.1) is 0 Å².